The number of benzene rings is 2. The number of nitrogens with one attached hydrogen (secondary N) is 3. The number of aromatic nitrogens is 1. The van der Waals surface area contributed by atoms with Crippen molar-refractivity contribution in [1.82, 2.24) is 21.2 Å². The van der Waals surface area contributed by atoms with E-state index in [2.05, 4.69) is 21.2 Å². The van der Waals surface area contributed by atoms with Crippen molar-refractivity contribution in [3.05, 3.63) is 83.7 Å². The molecule has 0 bridgehead atoms. The standard InChI is InChI=1S/C22H20N4O5/c1-23-22(29)19-13-18(11-12-24-19)31-17-9-5-15(6-10-17)21(28)26-25-20(27)14-3-7-16(30-2)8-4-14/h3-13H,1-2H3,(H,23,29)(H,25,27)(H,26,28). The Bertz CT molecular complexity index is 1080. The van der Waals surface area contributed by atoms with Crippen LogP contribution in [0, 0.1) is 0 Å². The van der Waals surface area contributed by atoms with E-state index in [-0.39, 0.29) is 11.6 Å². The van der Waals surface area contributed by atoms with E-state index in [1.807, 2.05) is 0 Å². The molecule has 0 atom stereocenters. The first kappa shape index (κ1) is 21.3. The molecule has 31 heavy (non-hydrogen) atoms. The normalized spacial score (nSPS) is 10.0. The zero-order valence-electron chi connectivity index (χ0n) is 16.8. The highest BCUT2D eigenvalue weighted by Crippen LogP contribution is 2.22. The third-order valence-corrected chi connectivity index (χ3v) is 4.19. The average molecular weight is 420 g/mol. The number of rotatable bonds is 6. The Hall–Kier alpha value is -4.40. The van der Waals surface area contributed by atoms with Crippen molar-refractivity contribution < 1.29 is 23.9 Å². The summed E-state index contributed by atoms with van der Waals surface area (Å²) in [6.07, 6.45) is 1.47. The molecule has 0 unspecified atom stereocenters. The Morgan fingerprint density at radius 1 is 0.742 bits per heavy atom. The minimum Gasteiger partial charge on any atom is -0.497 e. The zero-order chi connectivity index (χ0) is 22.2. The molecule has 158 valence electrons. The molecule has 0 radical (unpaired) electrons. The Kier molecular flexibility index (Phi) is 6.79. The summed E-state index contributed by atoms with van der Waals surface area (Å²) in [5.41, 5.74) is 5.64. The van der Waals surface area contributed by atoms with E-state index in [4.69, 9.17) is 9.47 Å². The van der Waals surface area contributed by atoms with Gasteiger partial charge in [-0.3, -0.25) is 30.2 Å². The summed E-state index contributed by atoms with van der Waals surface area (Å²) in [6.45, 7) is 0. The van der Waals surface area contributed by atoms with Gasteiger partial charge in [0.25, 0.3) is 17.7 Å². The average Bonchev–Trinajstić information content (AvgIpc) is 2.82. The molecule has 1 heterocycles. The van der Waals surface area contributed by atoms with Gasteiger partial charge in [-0.05, 0) is 54.6 Å². The van der Waals surface area contributed by atoms with Crippen LogP contribution in [0.5, 0.6) is 17.2 Å². The summed E-state index contributed by atoms with van der Waals surface area (Å²) in [5.74, 6) is 0.249. The van der Waals surface area contributed by atoms with Gasteiger partial charge in [0.2, 0.25) is 0 Å². The third-order valence-electron chi connectivity index (χ3n) is 4.19. The van der Waals surface area contributed by atoms with Crippen LogP contribution in [0.4, 0.5) is 0 Å². The number of hydrogen-bond donors (Lipinski definition) is 3. The van der Waals surface area contributed by atoms with Crippen LogP contribution in [0.25, 0.3) is 0 Å². The summed E-state index contributed by atoms with van der Waals surface area (Å²) in [5, 5.41) is 2.49. The molecule has 0 spiro atoms. The van der Waals surface area contributed by atoms with Gasteiger partial charge in [0.15, 0.2) is 0 Å². The quantitative estimate of drug-likeness (QED) is 0.527. The van der Waals surface area contributed by atoms with Gasteiger partial charge in [-0.15, -0.1) is 0 Å². The molecule has 0 aliphatic carbocycles. The molecular weight excluding hydrogens is 400 g/mol. The van der Waals surface area contributed by atoms with Gasteiger partial charge in [-0.1, -0.05) is 0 Å². The van der Waals surface area contributed by atoms with E-state index in [9.17, 15) is 14.4 Å². The highest BCUT2D eigenvalue weighted by Gasteiger charge is 2.10. The van der Waals surface area contributed by atoms with Crippen LogP contribution in [0.2, 0.25) is 0 Å². The van der Waals surface area contributed by atoms with Crippen molar-refractivity contribution in [2.45, 2.75) is 0 Å². The molecule has 0 aliphatic heterocycles. The largest absolute Gasteiger partial charge is 0.497 e. The molecule has 0 fully saturated rings. The number of carbonyl (C=O) groups is 3. The number of pyridine rings is 1. The monoisotopic (exact) mass is 420 g/mol. The van der Waals surface area contributed by atoms with Crippen LogP contribution in [0.3, 0.4) is 0 Å². The van der Waals surface area contributed by atoms with Gasteiger partial charge in [0.05, 0.1) is 7.11 Å². The maximum atomic E-state index is 12.3. The molecule has 3 N–H and O–H groups in total. The summed E-state index contributed by atoms with van der Waals surface area (Å²) in [7, 11) is 3.05. The first-order valence-electron chi connectivity index (χ1n) is 9.21. The van der Waals surface area contributed by atoms with Gasteiger partial charge < -0.3 is 14.8 Å². The van der Waals surface area contributed by atoms with Crippen molar-refractivity contribution in [2.75, 3.05) is 14.2 Å². The highest BCUT2D eigenvalue weighted by molar-refractivity contribution is 5.99. The Morgan fingerprint density at radius 2 is 1.29 bits per heavy atom. The van der Waals surface area contributed by atoms with Crippen LogP contribution >= 0.6 is 0 Å². The Morgan fingerprint density at radius 3 is 1.81 bits per heavy atom. The molecule has 1 aromatic heterocycles. The summed E-state index contributed by atoms with van der Waals surface area (Å²) >= 11 is 0. The fourth-order valence-electron chi connectivity index (χ4n) is 2.54. The van der Waals surface area contributed by atoms with Gasteiger partial charge in [-0.2, -0.15) is 0 Å². The number of nitrogens with zero attached hydrogens (tertiary/aromatic N) is 1. The van der Waals surface area contributed by atoms with E-state index in [0.29, 0.717) is 28.4 Å². The third kappa shape index (κ3) is 5.57. The number of carbonyl (C=O) groups excluding carboxylic acids is 3. The summed E-state index contributed by atoms with van der Waals surface area (Å²) < 4.78 is 10.7. The SMILES string of the molecule is CNC(=O)c1cc(Oc2ccc(C(=O)NNC(=O)c3ccc(OC)cc3)cc2)ccn1. The molecule has 9 nitrogen and oxygen atoms in total. The number of hydrogen-bond acceptors (Lipinski definition) is 6. The fraction of sp³-hybridized carbons (Fsp3) is 0.0909. The second-order valence-corrected chi connectivity index (χ2v) is 6.22. The van der Waals surface area contributed by atoms with E-state index in [1.54, 1.807) is 54.6 Å². The van der Waals surface area contributed by atoms with Crippen molar-refractivity contribution in [2.24, 2.45) is 0 Å². The molecule has 0 saturated heterocycles. The van der Waals surface area contributed by atoms with Crippen molar-refractivity contribution >= 4 is 17.7 Å². The predicted molar refractivity (Wildman–Crippen MR) is 112 cm³/mol. The number of ether oxygens (including phenoxy) is 2. The molecule has 0 saturated carbocycles. The van der Waals surface area contributed by atoms with E-state index < -0.39 is 11.8 Å². The topological polar surface area (TPSA) is 119 Å². The van der Waals surface area contributed by atoms with Crippen LogP contribution in [0.1, 0.15) is 31.2 Å². The lowest BCUT2D eigenvalue weighted by Crippen LogP contribution is -2.41. The second kappa shape index (κ2) is 9.88. The molecular formula is C22H20N4O5. The lowest BCUT2D eigenvalue weighted by atomic mass is 10.2. The lowest BCUT2D eigenvalue weighted by Gasteiger charge is -2.09. The number of methoxy groups -OCH3 is 1. The lowest BCUT2D eigenvalue weighted by molar-refractivity contribution is 0.0846. The first-order chi connectivity index (χ1) is 15.0. The molecule has 3 aromatic rings. The highest BCUT2D eigenvalue weighted by atomic mass is 16.5. The number of hydrazine groups is 1. The van der Waals surface area contributed by atoms with Crippen molar-refractivity contribution in [3.8, 4) is 17.2 Å². The zero-order valence-corrected chi connectivity index (χ0v) is 16.8. The van der Waals surface area contributed by atoms with Gasteiger partial charge in [-0.25, -0.2) is 0 Å². The molecule has 3 amide bonds. The minimum absolute atomic E-state index is 0.226. The predicted octanol–water partition coefficient (Wildman–Crippen LogP) is 2.32. The van der Waals surface area contributed by atoms with Crippen molar-refractivity contribution in [3.63, 3.8) is 0 Å². The van der Waals surface area contributed by atoms with Crippen molar-refractivity contribution in [1.29, 1.82) is 0 Å². The second-order valence-electron chi connectivity index (χ2n) is 6.22. The molecule has 0 aliphatic rings. The Balaban J connectivity index is 1.57. The smallest absolute Gasteiger partial charge is 0.269 e. The van der Waals surface area contributed by atoms with Gasteiger partial charge >= 0.3 is 0 Å². The first-order valence-corrected chi connectivity index (χ1v) is 9.21. The van der Waals surface area contributed by atoms with Gasteiger partial charge in [0, 0.05) is 30.4 Å². The number of amides is 3. The van der Waals surface area contributed by atoms with Crippen LogP contribution in [-0.4, -0.2) is 36.9 Å². The van der Waals surface area contributed by atoms with E-state index in [0.717, 1.165) is 0 Å². The van der Waals surface area contributed by atoms with Gasteiger partial charge in [0.1, 0.15) is 22.9 Å². The fourth-order valence-corrected chi connectivity index (χ4v) is 2.54. The molecule has 2 aromatic carbocycles. The molecule has 9 heteroatoms. The van der Waals surface area contributed by atoms with Crippen LogP contribution < -0.4 is 25.6 Å². The maximum absolute atomic E-state index is 12.3. The summed E-state index contributed by atoms with van der Waals surface area (Å²) in [4.78, 5) is 40.0. The molecule has 3 rings (SSSR count). The van der Waals surface area contributed by atoms with Crippen LogP contribution in [-0.2, 0) is 0 Å². The van der Waals surface area contributed by atoms with E-state index in [1.165, 1.54) is 26.4 Å². The maximum Gasteiger partial charge on any atom is 0.269 e. The minimum atomic E-state index is -0.487. The van der Waals surface area contributed by atoms with E-state index >= 15 is 0 Å². The van der Waals surface area contributed by atoms with Crippen LogP contribution in [0.15, 0.2) is 66.9 Å². The summed E-state index contributed by atoms with van der Waals surface area (Å²) in [6, 6.07) is 15.9. The Labute approximate surface area is 178 Å².